The van der Waals surface area contributed by atoms with Crippen molar-refractivity contribution in [1.82, 2.24) is 4.67 Å². The highest BCUT2D eigenvalue weighted by atomic mass is 31.2. The molecule has 0 radical (unpaired) electrons. The second-order valence-corrected chi connectivity index (χ2v) is 12.2. The predicted octanol–water partition coefficient (Wildman–Crippen LogP) is 6.38. The molecule has 30 heavy (non-hydrogen) atoms. The Balaban J connectivity index is 1.79. The molecule has 1 aliphatic carbocycles. The Morgan fingerprint density at radius 2 is 1.70 bits per heavy atom. The monoisotopic (exact) mass is 425 g/mol. The maximum atomic E-state index is 15.0. The van der Waals surface area contributed by atoms with Crippen molar-refractivity contribution in [2.24, 2.45) is 11.8 Å². The summed E-state index contributed by atoms with van der Waals surface area (Å²) in [7, 11) is -3.13. The molecule has 2 fully saturated rings. The third-order valence-electron chi connectivity index (χ3n) is 7.39. The number of hydrogen-bond donors (Lipinski definition) is 0. The van der Waals surface area contributed by atoms with E-state index in [0.29, 0.717) is 18.4 Å². The summed E-state index contributed by atoms with van der Waals surface area (Å²) in [6, 6.07) is 20.8. The topological polar surface area (TPSA) is 35.5 Å². The summed E-state index contributed by atoms with van der Waals surface area (Å²) in [6.45, 7) is 9.71. The van der Waals surface area contributed by atoms with Crippen LogP contribution in [0.25, 0.3) is 0 Å². The van der Waals surface area contributed by atoms with E-state index in [1.165, 1.54) is 12.0 Å². The van der Waals surface area contributed by atoms with Gasteiger partial charge in [0, 0.05) is 5.92 Å². The van der Waals surface area contributed by atoms with Crippen LogP contribution in [0.4, 0.5) is 0 Å². The average molecular weight is 426 g/mol. The van der Waals surface area contributed by atoms with E-state index >= 15 is 0 Å². The molecule has 1 aliphatic heterocycles. The number of hydrogen-bond acceptors (Lipinski definition) is 3. The zero-order valence-electron chi connectivity index (χ0n) is 18.8. The summed E-state index contributed by atoms with van der Waals surface area (Å²) < 4.78 is 9.02. The maximum Gasteiger partial charge on any atom is 0.182 e. The van der Waals surface area contributed by atoms with Crippen LogP contribution < -0.4 is 4.89 Å². The number of nitrogens with zero attached hydrogens (tertiary/aromatic N) is 1. The summed E-state index contributed by atoms with van der Waals surface area (Å²) in [5.41, 5.74) is 2.02. The highest BCUT2D eigenvalue weighted by Gasteiger charge is 2.61. The average Bonchev–Trinajstić information content (AvgIpc) is 2.73. The van der Waals surface area contributed by atoms with E-state index in [1.807, 2.05) is 24.3 Å². The van der Waals surface area contributed by atoms with Crippen LogP contribution in [0, 0.1) is 11.8 Å². The van der Waals surface area contributed by atoms with Crippen molar-refractivity contribution in [2.75, 3.05) is 0 Å². The first-order valence-electron chi connectivity index (χ1n) is 11.5. The van der Waals surface area contributed by atoms with E-state index in [-0.39, 0.29) is 17.3 Å². The smallest absolute Gasteiger partial charge is 0.182 e. The molecule has 3 nitrogen and oxygen atoms in total. The van der Waals surface area contributed by atoms with E-state index in [0.717, 1.165) is 24.8 Å². The molecule has 1 heterocycles. The van der Waals surface area contributed by atoms with Gasteiger partial charge in [0.15, 0.2) is 7.87 Å². The Morgan fingerprint density at radius 3 is 2.33 bits per heavy atom. The SMILES string of the molecule is CC[C@@H](c1ccccc1)[P+]1([O-])O[C@@H]2C[C@H](C)CC[C@H]2C(C)(C)N1Cc1ccccc1. The van der Waals surface area contributed by atoms with Crippen molar-refractivity contribution in [3.8, 4) is 0 Å². The summed E-state index contributed by atoms with van der Waals surface area (Å²) in [5, 5.41) is 0. The lowest BCUT2D eigenvalue weighted by molar-refractivity contribution is -0.240. The molecule has 1 unspecified atom stereocenters. The van der Waals surface area contributed by atoms with Crippen LogP contribution in [0.15, 0.2) is 60.7 Å². The largest absolute Gasteiger partial charge is 0.641 e. The molecule has 2 aliphatic rings. The first kappa shape index (κ1) is 22.0. The van der Waals surface area contributed by atoms with Crippen LogP contribution in [0.3, 0.4) is 0 Å². The number of benzene rings is 2. The van der Waals surface area contributed by atoms with Gasteiger partial charge in [0.1, 0.15) is 11.8 Å². The molecular formula is C26H36NO2P. The van der Waals surface area contributed by atoms with Gasteiger partial charge in [-0.1, -0.05) is 80.9 Å². The lowest BCUT2D eigenvalue weighted by Crippen LogP contribution is -2.61. The van der Waals surface area contributed by atoms with Crippen molar-refractivity contribution in [3.63, 3.8) is 0 Å². The molecule has 0 amide bonds. The fraction of sp³-hybridized carbons (Fsp3) is 0.538. The van der Waals surface area contributed by atoms with Gasteiger partial charge in [-0.15, -0.1) is 4.67 Å². The van der Waals surface area contributed by atoms with E-state index in [4.69, 9.17) is 4.52 Å². The van der Waals surface area contributed by atoms with Gasteiger partial charge < -0.3 is 4.89 Å². The highest BCUT2D eigenvalue weighted by Crippen LogP contribution is 2.74. The van der Waals surface area contributed by atoms with Gasteiger partial charge >= 0.3 is 0 Å². The molecule has 0 N–H and O–H groups in total. The normalized spacial score (nSPS) is 32.4. The quantitative estimate of drug-likeness (QED) is 0.522. The molecule has 1 saturated heterocycles. The Bertz CT molecular complexity index is 827. The molecule has 2 aromatic rings. The first-order chi connectivity index (χ1) is 14.4. The Kier molecular flexibility index (Phi) is 6.38. The summed E-state index contributed by atoms with van der Waals surface area (Å²) >= 11 is 0. The maximum absolute atomic E-state index is 15.0. The Labute approximate surface area is 183 Å². The lowest BCUT2D eigenvalue weighted by Gasteiger charge is -2.60. The molecule has 162 valence electrons. The molecule has 4 rings (SSSR count). The Hall–Kier alpha value is -1.25. The van der Waals surface area contributed by atoms with Crippen molar-refractivity contribution in [1.29, 1.82) is 0 Å². The van der Waals surface area contributed by atoms with Gasteiger partial charge in [0.05, 0.1) is 12.1 Å². The van der Waals surface area contributed by atoms with E-state index in [1.54, 1.807) is 0 Å². The fourth-order valence-corrected chi connectivity index (χ4v) is 9.14. The van der Waals surface area contributed by atoms with Crippen molar-refractivity contribution >= 4 is 7.87 Å². The molecular weight excluding hydrogens is 389 g/mol. The third kappa shape index (κ3) is 3.98. The minimum Gasteiger partial charge on any atom is -0.641 e. The second kappa shape index (κ2) is 8.71. The molecule has 1 saturated carbocycles. The predicted molar refractivity (Wildman–Crippen MR) is 124 cm³/mol. The number of rotatable bonds is 5. The van der Waals surface area contributed by atoms with Crippen LogP contribution in [0.2, 0.25) is 0 Å². The minimum absolute atomic E-state index is 0.0827. The van der Waals surface area contributed by atoms with E-state index in [9.17, 15) is 4.89 Å². The van der Waals surface area contributed by atoms with Crippen LogP contribution in [-0.2, 0) is 11.1 Å². The molecule has 0 aromatic heterocycles. The molecule has 4 heteroatoms. The highest BCUT2D eigenvalue weighted by molar-refractivity contribution is 7.62. The van der Waals surface area contributed by atoms with Crippen molar-refractivity contribution in [2.45, 2.75) is 77.2 Å². The lowest BCUT2D eigenvalue weighted by atomic mass is 9.71. The van der Waals surface area contributed by atoms with Gasteiger partial charge in [0.2, 0.25) is 0 Å². The van der Waals surface area contributed by atoms with E-state index in [2.05, 4.69) is 68.8 Å². The molecule has 0 bridgehead atoms. The van der Waals surface area contributed by atoms with Crippen LogP contribution in [0.5, 0.6) is 0 Å². The third-order valence-corrected chi connectivity index (χ3v) is 10.7. The van der Waals surface area contributed by atoms with Crippen LogP contribution in [-0.4, -0.2) is 16.3 Å². The zero-order chi connectivity index (χ0) is 21.4. The first-order valence-corrected chi connectivity index (χ1v) is 13.2. The van der Waals surface area contributed by atoms with Gasteiger partial charge in [0.25, 0.3) is 0 Å². The summed E-state index contributed by atoms with van der Waals surface area (Å²) in [5.74, 6) is 1.04. The number of fused-ring (bicyclic) bond motifs is 1. The van der Waals surface area contributed by atoms with Crippen LogP contribution >= 0.6 is 7.87 Å². The van der Waals surface area contributed by atoms with Gasteiger partial charge in [-0.25, -0.2) is 4.52 Å². The summed E-state index contributed by atoms with van der Waals surface area (Å²) in [6.07, 6.45) is 4.27. The van der Waals surface area contributed by atoms with Crippen molar-refractivity contribution in [3.05, 3.63) is 71.8 Å². The summed E-state index contributed by atoms with van der Waals surface area (Å²) in [4.78, 5) is 15.0. The Morgan fingerprint density at radius 1 is 1.07 bits per heavy atom. The standard InChI is InChI=1S/C26H36NO2P/c1-5-25(22-14-10-7-11-15-22)30(28)27(19-21-12-8-6-9-13-21)26(3,4)23-17-16-20(2)18-24(23)29-30/h6-15,20,23-25H,5,16-19H2,1-4H3/t20-,23-,24-,25+,30?/m1/s1. The van der Waals surface area contributed by atoms with Crippen LogP contribution in [0.1, 0.15) is 70.2 Å². The fourth-order valence-electron chi connectivity index (χ4n) is 5.69. The van der Waals surface area contributed by atoms with Gasteiger partial charge in [-0.3, -0.25) is 0 Å². The minimum atomic E-state index is -3.13. The molecule has 5 atom stereocenters. The van der Waals surface area contributed by atoms with Crippen molar-refractivity contribution < 1.29 is 9.42 Å². The second-order valence-electron chi connectivity index (χ2n) is 9.76. The molecule has 0 spiro atoms. The molecule has 2 aromatic carbocycles. The van der Waals surface area contributed by atoms with Gasteiger partial charge in [-0.2, -0.15) is 0 Å². The zero-order valence-corrected chi connectivity index (χ0v) is 19.7. The van der Waals surface area contributed by atoms with Gasteiger partial charge in [-0.05, 0) is 50.2 Å². The van der Waals surface area contributed by atoms with E-state index < -0.39 is 7.87 Å².